The fourth-order valence-electron chi connectivity index (χ4n) is 2.34. The fourth-order valence-corrected chi connectivity index (χ4v) is 2.34. The van der Waals surface area contributed by atoms with E-state index in [2.05, 4.69) is 10.3 Å². The molecule has 0 spiro atoms. The highest BCUT2D eigenvalue weighted by Gasteiger charge is 2.32. The van der Waals surface area contributed by atoms with Crippen molar-refractivity contribution < 1.29 is 14.2 Å². The molecule has 2 heterocycles. The summed E-state index contributed by atoms with van der Waals surface area (Å²) in [5.41, 5.74) is 1.83. The molecule has 1 aliphatic rings. The number of nitrogens with zero attached hydrogens (tertiary/aromatic N) is 3. The molecule has 1 saturated heterocycles. The van der Waals surface area contributed by atoms with Gasteiger partial charge in [-0.25, -0.2) is 4.68 Å². The lowest BCUT2D eigenvalue weighted by Gasteiger charge is -2.16. The molecule has 0 bridgehead atoms. The van der Waals surface area contributed by atoms with Crippen molar-refractivity contribution in [2.75, 3.05) is 13.7 Å². The SMILES string of the molecule is COc1ccc(-c2cn(C[C@H]3COC(C)(C)O3)nn2)cc1. The maximum atomic E-state index is 5.77. The average Bonchev–Trinajstić information content (AvgIpc) is 3.06. The van der Waals surface area contributed by atoms with Crippen molar-refractivity contribution in [3.05, 3.63) is 30.5 Å². The molecule has 2 aromatic rings. The van der Waals surface area contributed by atoms with Crippen LogP contribution in [-0.2, 0) is 16.0 Å². The van der Waals surface area contributed by atoms with Gasteiger partial charge in [-0.3, -0.25) is 0 Å². The quantitative estimate of drug-likeness (QED) is 0.862. The molecule has 112 valence electrons. The normalized spacial score (nSPS) is 20.6. The molecule has 0 saturated carbocycles. The zero-order chi connectivity index (χ0) is 14.9. The Hall–Kier alpha value is -1.92. The van der Waals surface area contributed by atoms with Gasteiger partial charge in [0, 0.05) is 5.56 Å². The van der Waals surface area contributed by atoms with Gasteiger partial charge >= 0.3 is 0 Å². The summed E-state index contributed by atoms with van der Waals surface area (Å²) in [6, 6.07) is 7.74. The second-order valence-corrected chi connectivity index (χ2v) is 5.51. The molecule has 6 heteroatoms. The van der Waals surface area contributed by atoms with E-state index >= 15 is 0 Å². The van der Waals surface area contributed by atoms with Gasteiger partial charge in [0.25, 0.3) is 0 Å². The standard InChI is InChI=1S/C15H19N3O3/c1-15(2)20-10-13(21-15)8-18-9-14(16-17-18)11-4-6-12(19-3)7-5-11/h4-7,9,13H,8,10H2,1-3H3/t13-/m0/s1. The fraction of sp³-hybridized carbons (Fsp3) is 0.467. The highest BCUT2D eigenvalue weighted by Crippen LogP contribution is 2.24. The van der Waals surface area contributed by atoms with E-state index in [1.165, 1.54) is 0 Å². The number of hydrogen-bond donors (Lipinski definition) is 0. The van der Waals surface area contributed by atoms with E-state index in [1.54, 1.807) is 11.8 Å². The molecule has 1 aliphatic heterocycles. The minimum absolute atomic E-state index is 0.00502. The summed E-state index contributed by atoms with van der Waals surface area (Å²) >= 11 is 0. The first kappa shape index (κ1) is 14.0. The van der Waals surface area contributed by atoms with Crippen LogP contribution in [0.3, 0.4) is 0 Å². The van der Waals surface area contributed by atoms with E-state index in [1.807, 2.05) is 44.3 Å². The average molecular weight is 289 g/mol. The van der Waals surface area contributed by atoms with Crippen molar-refractivity contribution in [1.82, 2.24) is 15.0 Å². The monoisotopic (exact) mass is 289 g/mol. The molecule has 0 aliphatic carbocycles. The van der Waals surface area contributed by atoms with E-state index in [4.69, 9.17) is 14.2 Å². The summed E-state index contributed by atoms with van der Waals surface area (Å²) in [6.45, 7) is 5.03. The van der Waals surface area contributed by atoms with Gasteiger partial charge in [-0.15, -0.1) is 5.10 Å². The number of aromatic nitrogens is 3. The van der Waals surface area contributed by atoms with Gasteiger partial charge in [-0.2, -0.15) is 0 Å². The van der Waals surface area contributed by atoms with Crippen molar-refractivity contribution in [3.8, 4) is 17.0 Å². The van der Waals surface area contributed by atoms with Crippen LogP contribution in [0.4, 0.5) is 0 Å². The van der Waals surface area contributed by atoms with Crippen molar-refractivity contribution in [2.24, 2.45) is 0 Å². The summed E-state index contributed by atoms with van der Waals surface area (Å²) in [5.74, 6) is 0.314. The van der Waals surface area contributed by atoms with Gasteiger partial charge in [0.1, 0.15) is 17.5 Å². The van der Waals surface area contributed by atoms with Crippen LogP contribution in [0, 0.1) is 0 Å². The topological polar surface area (TPSA) is 58.4 Å². The zero-order valence-corrected chi connectivity index (χ0v) is 12.4. The van der Waals surface area contributed by atoms with E-state index < -0.39 is 5.79 Å². The lowest BCUT2D eigenvalue weighted by atomic mass is 10.2. The highest BCUT2D eigenvalue weighted by atomic mass is 16.7. The Kier molecular flexibility index (Phi) is 3.65. The van der Waals surface area contributed by atoms with E-state index in [0.717, 1.165) is 17.0 Å². The van der Waals surface area contributed by atoms with Crippen LogP contribution in [0.25, 0.3) is 11.3 Å². The smallest absolute Gasteiger partial charge is 0.163 e. The second-order valence-electron chi connectivity index (χ2n) is 5.51. The molecule has 3 rings (SSSR count). The Balaban J connectivity index is 1.68. The number of hydrogen-bond acceptors (Lipinski definition) is 5. The van der Waals surface area contributed by atoms with Gasteiger partial charge in [0.2, 0.25) is 0 Å². The first-order valence-electron chi connectivity index (χ1n) is 6.92. The predicted octanol–water partition coefficient (Wildman–Crippen LogP) is 2.11. The van der Waals surface area contributed by atoms with Gasteiger partial charge in [-0.1, -0.05) is 5.21 Å². The molecule has 1 aromatic heterocycles. The first-order valence-corrected chi connectivity index (χ1v) is 6.92. The van der Waals surface area contributed by atoms with Crippen LogP contribution in [0.1, 0.15) is 13.8 Å². The van der Waals surface area contributed by atoms with Gasteiger partial charge in [0.05, 0.1) is 26.5 Å². The molecule has 1 aromatic carbocycles. The summed E-state index contributed by atoms with van der Waals surface area (Å²) in [4.78, 5) is 0. The molecule has 1 atom stereocenters. The molecule has 21 heavy (non-hydrogen) atoms. The maximum absolute atomic E-state index is 5.77. The molecule has 6 nitrogen and oxygen atoms in total. The van der Waals surface area contributed by atoms with Crippen molar-refractivity contribution >= 4 is 0 Å². The molecule has 0 N–H and O–H groups in total. The lowest BCUT2D eigenvalue weighted by molar-refractivity contribution is -0.139. The molecule has 0 radical (unpaired) electrons. The van der Waals surface area contributed by atoms with Crippen molar-refractivity contribution in [3.63, 3.8) is 0 Å². The van der Waals surface area contributed by atoms with E-state index in [-0.39, 0.29) is 6.10 Å². The second kappa shape index (κ2) is 5.46. The van der Waals surface area contributed by atoms with Crippen LogP contribution < -0.4 is 4.74 Å². The maximum Gasteiger partial charge on any atom is 0.163 e. The van der Waals surface area contributed by atoms with E-state index in [0.29, 0.717) is 13.2 Å². The third kappa shape index (κ3) is 3.22. The molecular formula is C15H19N3O3. The molecule has 1 fully saturated rings. The summed E-state index contributed by atoms with van der Waals surface area (Å²) < 4.78 is 18.2. The molecule has 0 amide bonds. The predicted molar refractivity (Wildman–Crippen MR) is 76.9 cm³/mol. The third-order valence-electron chi connectivity index (χ3n) is 3.38. The van der Waals surface area contributed by atoms with Crippen LogP contribution in [0.2, 0.25) is 0 Å². The van der Waals surface area contributed by atoms with Gasteiger partial charge in [-0.05, 0) is 38.1 Å². The van der Waals surface area contributed by atoms with E-state index in [9.17, 15) is 0 Å². The Labute approximate surface area is 123 Å². The Bertz CT molecular complexity index is 607. The van der Waals surface area contributed by atoms with Crippen molar-refractivity contribution in [2.45, 2.75) is 32.3 Å². The summed E-state index contributed by atoms with van der Waals surface area (Å²) in [7, 11) is 1.65. The van der Waals surface area contributed by atoms with Crippen LogP contribution in [0.15, 0.2) is 30.5 Å². The first-order chi connectivity index (χ1) is 10.1. The Morgan fingerprint density at radius 3 is 2.71 bits per heavy atom. The third-order valence-corrected chi connectivity index (χ3v) is 3.38. The lowest BCUT2D eigenvalue weighted by Crippen LogP contribution is -2.24. The minimum atomic E-state index is -0.510. The zero-order valence-electron chi connectivity index (χ0n) is 12.4. The van der Waals surface area contributed by atoms with Crippen LogP contribution in [-0.4, -0.2) is 40.6 Å². The highest BCUT2D eigenvalue weighted by molar-refractivity contribution is 5.58. The molecular weight excluding hydrogens is 270 g/mol. The van der Waals surface area contributed by atoms with Crippen LogP contribution >= 0.6 is 0 Å². The Morgan fingerprint density at radius 2 is 2.10 bits per heavy atom. The largest absolute Gasteiger partial charge is 0.497 e. The van der Waals surface area contributed by atoms with Crippen molar-refractivity contribution in [1.29, 1.82) is 0 Å². The number of rotatable bonds is 4. The minimum Gasteiger partial charge on any atom is -0.497 e. The summed E-state index contributed by atoms with van der Waals surface area (Å²) in [6.07, 6.45) is 1.92. The van der Waals surface area contributed by atoms with Gasteiger partial charge < -0.3 is 14.2 Å². The number of ether oxygens (including phenoxy) is 3. The number of benzene rings is 1. The van der Waals surface area contributed by atoms with Crippen LogP contribution in [0.5, 0.6) is 5.75 Å². The number of methoxy groups -OCH3 is 1. The molecule has 0 unspecified atom stereocenters. The van der Waals surface area contributed by atoms with Gasteiger partial charge in [0.15, 0.2) is 5.79 Å². The summed E-state index contributed by atoms with van der Waals surface area (Å²) in [5, 5.41) is 8.34. The Morgan fingerprint density at radius 1 is 1.33 bits per heavy atom.